The lowest BCUT2D eigenvalue weighted by Crippen LogP contribution is -2.52. The van der Waals surface area contributed by atoms with E-state index in [1.807, 2.05) is 55.4 Å². The Morgan fingerprint density at radius 1 is 1.12 bits per heavy atom. The minimum absolute atomic E-state index is 0.235. The Labute approximate surface area is 141 Å². The molecule has 6 nitrogen and oxygen atoms in total. The van der Waals surface area contributed by atoms with Gasteiger partial charge >= 0.3 is 0 Å². The van der Waals surface area contributed by atoms with Crippen LogP contribution in [0.25, 0.3) is 0 Å². The molecule has 24 heavy (non-hydrogen) atoms. The number of amides is 2. The molecule has 1 aliphatic rings. The van der Waals surface area contributed by atoms with Crippen LogP contribution in [0.2, 0.25) is 0 Å². The van der Waals surface area contributed by atoms with Crippen molar-refractivity contribution in [2.24, 2.45) is 0 Å². The fourth-order valence-electron chi connectivity index (χ4n) is 2.73. The van der Waals surface area contributed by atoms with Crippen LogP contribution in [-0.2, 0) is 4.79 Å². The van der Waals surface area contributed by atoms with E-state index in [0.717, 1.165) is 16.9 Å². The lowest BCUT2D eigenvalue weighted by atomic mass is 10.0. The number of rotatable bonds is 3. The van der Waals surface area contributed by atoms with Crippen molar-refractivity contribution in [1.82, 2.24) is 10.4 Å². The molecule has 2 amide bonds. The predicted molar refractivity (Wildman–Crippen MR) is 93.6 cm³/mol. The third-order valence-electron chi connectivity index (χ3n) is 3.93. The van der Waals surface area contributed by atoms with Gasteiger partial charge in [0.2, 0.25) is 5.91 Å². The van der Waals surface area contributed by atoms with Gasteiger partial charge in [-0.2, -0.15) is 0 Å². The summed E-state index contributed by atoms with van der Waals surface area (Å²) in [6, 6.07) is 15.1. The molecule has 3 rings (SSSR count). The molecule has 0 saturated heterocycles. The maximum Gasteiger partial charge on any atom is 0.276 e. The molecule has 124 valence electrons. The third kappa shape index (κ3) is 2.90. The van der Waals surface area contributed by atoms with Crippen molar-refractivity contribution in [3.63, 3.8) is 0 Å². The van der Waals surface area contributed by atoms with Gasteiger partial charge in [0.15, 0.2) is 0 Å². The maximum atomic E-state index is 12.8. The number of nitrogens with one attached hydrogen (secondary N) is 2. The van der Waals surface area contributed by atoms with Crippen molar-refractivity contribution < 1.29 is 9.59 Å². The van der Waals surface area contributed by atoms with Crippen molar-refractivity contribution in [2.75, 3.05) is 24.3 Å². The summed E-state index contributed by atoms with van der Waals surface area (Å²) in [5, 5.41) is 4.67. The van der Waals surface area contributed by atoms with Crippen LogP contribution in [0.3, 0.4) is 0 Å². The topological polar surface area (TPSA) is 64.7 Å². The highest BCUT2D eigenvalue weighted by Crippen LogP contribution is 2.32. The minimum Gasteiger partial charge on any atom is -0.378 e. The van der Waals surface area contributed by atoms with E-state index in [-0.39, 0.29) is 11.8 Å². The van der Waals surface area contributed by atoms with Gasteiger partial charge in [0.25, 0.3) is 5.91 Å². The first kappa shape index (κ1) is 15.9. The van der Waals surface area contributed by atoms with E-state index in [0.29, 0.717) is 5.56 Å². The zero-order valence-electron chi connectivity index (χ0n) is 13.9. The molecule has 1 atom stereocenters. The second-order valence-corrected chi connectivity index (χ2v) is 5.92. The SMILES string of the molecule is CC(=O)NN1C(=O)c2ccccc2N[C@@H]1c1ccc(N(C)C)cc1. The quantitative estimate of drug-likeness (QED) is 0.910. The summed E-state index contributed by atoms with van der Waals surface area (Å²) >= 11 is 0. The van der Waals surface area contributed by atoms with Crippen molar-refractivity contribution in [2.45, 2.75) is 13.1 Å². The lowest BCUT2D eigenvalue weighted by molar-refractivity contribution is -0.123. The number of benzene rings is 2. The summed E-state index contributed by atoms with van der Waals surface area (Å²) in [5.74, 6) is -0.527. The standard InChI is InChI=1S/C18H20N4O2/c1-12(23)20-22-17(13-8-10-14(11-9-13)21(2)3)19-16-7-5-4-6-15(16)18(22)24/h4-11,17,19H,1-3H3,(H,20,23)/t17-/m0/s1. The lowest BCUT2D eigenvalue weighted by Gasteiger charge is -2.37. The molecule has 0 bridgehead atoms. The maximum absolute atomic E-state index is 12.8. The zero-order chi connectivity index (χ0) is 17.3. The van der Waals surface area contributed by atoms with Crippen molar-refractivity contribution in [3.8, 4) is 0 Å². The van der Waals surface area contributed by atoms with E-state index in [2.05, 4.69) is 10.7 Å². The largest absolute Gasteiger partial charge is 0.378 e. The van der Waals surface area contributed by atoms with Crippen molar-refractivity contribution >= 4 is 23.2 Å². The Bertz CT molecular complexity index is 771. The monoisotopic (exact) mass is 324 g/mol. The van der Waals surface area contributed by atoms with Gasteiger partial charge in [0.05, 0.1) is 5.56 Å². The first-order valence-electron chi connectivity index (χ1n) is 7.71. The predicted octanol–water partition coefficient (Wildman–Crippen LogP) is 2.37. The molecule has 1 heterocycles. The summed E-state index contributed by atoms with van der Waals surface area (Å²) < 4.78 is 0. The van der Waals surface area contributed by atoms with Gasteiger partial charge in [-0.25, -0.2) is 5.01 Å². The second kappa shape index (κ2) is 6.23. The minimum atomic E-state index is -0.465. The van der Waals surface area contributed by atoms with Gasteiger partial charge in [0.1, 0.15) is 6.17 Å². The van der Waals surface area contributed by atoms with Crippen molar-refractivity contribution in [1.29, 1.82) is 0 Å². The molecule has 2 N–H and O–H groups in total. The summed E-state index contributed by atoms with van der Waals surface area (Å²) in [6.07, 6.45) is -0.465. The highest BCUT2D eigenvalue weighted by Gasteiger charge is 2.33. The number of para-hydroxylation sites is 1. The fourth-order valence-corrected chi connectivity index (χ4v) is 2.73. The van der Waals surface area contributed by atoms with E-state index in [1.54, 1.807) is 12.1 Å². The van der Waals surface area contributed by atoms with Crippen LogP contribution >= 0.6 is 0 Å². The first-order chi connectivity index (χ1) is 11.5. The normalized spacial score (nSPS) is 16.2. The molecule has 0 aliphatic carbocycles. The number of nitrogens with zero attached hydrogens (tertiary/aromatic N) is 2. The van der Waals surface area contributed by atoms with Crippen molar-refractivity contribution in [3.05, 3.63) is 59.7 Å². The molecule has 2 aromatic rings. The number of carbonyl (C=O) groups excluding carboxylic acids is 2. The number of anilines is 2. The molecule has 0 unspecified atom stereocenters. The highest BCUT2D eigenvalue weighted by molar-refractivity contribution is 6.02. The van der Waals surface area contributed by atoms with Crippen LogP contribution in [0, 0.1) is 0 Å². The summed E-state index contributed by atoms with van der Waals surface area (Å²) in [4.78, 5) is 26.3. The van der Waals surface area contributed by atoms with E-state index in [1.165, 1.54) is 11.9 Å². The van der Waals surface area contributed by atoms with Crippen LogP contribution in [0.1, 0.15) is 29.0 Å². The van der Waals surface area contributed by atoms with Crippen LogP contribution in [0.4, 0.5) is 11.4 Å². The van der Waals surface area contributed by atoms with Gasteiger partial charge < -0.3 is 10.2 Å². The Morgan fingerprint density at radius 2 is 1.79 bits per heavy atom. The Morgan fingerprint density at radius 3 is 2.42 bits per heavy atom. The Hall–Kier alpha value is -3.02. The van der Waals surface area contributed by atoms with E-state index >= 15 is 0 Å². The number of hydrogen-bond donors (Lipinski definition) is 2. The molecule has 0 fully saturated rings. The van der Waals surface area contributed by atoms with Gasteiger partial charge in [0, 0.05) is 32.4 Å². The number of fused-ring (bicyclic) bond motifs is 1. The molecule has 6 heteroatoms. The molecule has 2 aromatic carbocycles. The Balaban J connectivity index is 2.00. The van der Waals surface area contributed by atoms with E-state index < -0.39 is 6.17 Å². The molecular weight excluding hydrogens is 304 g/mol. The fraction of sp³-hybridized carbons (Fsp3) is 0.222. The summed E-state index contributed by atoms with van der Waals surface area (Å²) in [7, 11) is 3.94. The van der Waals surface area contributed by atoms with Gasteiger partial charge in [-0.1, -0.05) is 24.3 Å². The average Bonchev–Trinajstić information content (AvgIpc) is 2.57. The number of hydrogen-bond acceptors (Lipinski definition) is 4. The molecule has 1 aliphatic heterocycles. The van der Waals surface area contributed by atoms with Crippen LogP contribution in [-0.4, -0.2) is 30.9 Å². The smallest absolute Gasteiger partial charge is 0.276 e. The summed E-state index contributed by atoms with van der Waals surface area (Å²) in [5.41, 5.74) is 5.87. The number of hydrazine groups is 1. The first-order valence-corrected chi connectivity index (χ1v) is 7.71. The molecular formula is C18H20N4O2. The van der Waals surface area contributed by atoms with Gasteiger partial charge in [-0.05, 0) is 29.8 Å². The van der Waals surface area contributed by atoms with E-state index in [9.17, 15) is 9.59 Å². The number of carbonyl (C=O) groups is 2. The van der Waals surface area contributed by atoms with Crippen LogP contribution in [0.5, 0.6) is 0 Å². The molecule has 0 spiro atoms. The average molecular weight is 324 g/mol. The second-order valence-electron chi connectivity index (χ2n) is 5.92. The van der Waals surface area contributed by atoms with Gasteiger partial charge in [-0.3, -0.25) is 15.0 Å². The highest BCUT2D eigenvalue weighted by atomic mass is 16.2. The Kier molecular flexibility index (Phi) is 4.12. The summed E-state index contributed by atoms with van der Waals surface area (Å²) in [6.45, 7) is 1.39. The molecule has 0 saturated carbocycles. The zero-order valence-corrected chi connectivity index (χ0v) is 13.9. The van der Waals surface area contributed by atoms with E-state index in [4.69, 9.17) is 0 Å². The third-order valence-corrected chi connectivity index (χ3v) is 3.93. The van der Waals surface area contributed by atoms with Crippen LogP contribution in [0.15, 0.2) is 48.5 Å². The molecule has 0 radical (unpaired) electrons. The van der Waals surface area contributed by atoms with Crippen LogP contribution < -0.4 is 15.6 Å². The van der Waals surface area contributed by atoms with Gasteiger partial charge in [-0.15, -0.1) is 0 Å². The molecule has 0 aromatic heterocycles.